The first kappa shape index (κ1) is 15.2. The Hall–Kier alpha value is -1.66. The van der Waals surface area contributed by atoms with Gasteiger partial charge in [-0.1, -0.05) is 24.3 Å². The summed E-state index contributed by atoms with van der Waals surface area (Å²) in [5.41, 5.74) is 6.35. The summed E-state index contributed by atoms with van der Waals surface area (Å²) in [4.78, 5) is 14.1. The lowest BCUT2D eigenvalue weighted by Crippen LogP contribution is -2.48. The number of allylic oxidation sites excluding steroid dienone is 2. The largest absolute Gasteiger partial charge is 0.329 e. The first-order valence-corrected chi connectivity index (χ1v) is 8.07. The van der Waals surface area contributed by atoms with Crippen molar-refractivity contribution in [2.45, 2.75) is 23.9 Å². The molecule has 1 heterocycles. The van der Waals surface area contributed by atoms with E-state index >= 15 is 0 Å². The summed E-state index contributed by atoms with van der Waals surface area (Å²) >= 11 is 1.63. The summed E-state index contributed by atoms with van der Waals surface area (Å²) in [6.07, 6.45) is 7.78. The third kappa shape index (κ3) is 3.08. The molecule has 0 spiro atoms. The monoisotopic (exact) mass is 322 g/mol. The molecular weight excluding hydrogens is 306 g/mol. The molecule has 1 aliphatic heterocycles. The molecule has 6 heteroatoms. The van der Waals surface area contributed by atoms with Crippen molar-refractivity contribution < 1.29 is 13.6 Å². The lowest BCUT2D eigenvalue weighted by molar-refractivity contribution is -0.133. The molecule has 0 bridgehead atoms. The highest BCUT2D eigenvalue weighted by atomic mass is 32.2. The number of hydrogen-bond donors (Lipinski definition) is 1. The van der Waals surface area contributed by atoms with Gasteiger partial charge in [-0.15, -0.1) is 11.8 Å². The fraction of sp³-hybridized carbons (Fsp3) is 0.312. The van der Waals surface area contributed by atoms with Gasteiger partial charge in [0, 0.05) is 23.6 Å². The van der Waals surface area contributed by atoms with E-state index < -0.39 is 17.7 Å². The number of rotatable bonds is 2. The highest BCUT2D eigenvalue weighted by Gasteiger charge is 2.35. The third-order valence-electron chi connectivity index (χ3n) is 3.76. The molecule has 1 amide bonds. The minimum Gasteiger partial charge on any atom is -0.329 e. The number of nitrogens with two attached hydrogens (primary N) is 1. The van der Waals surface area contributed by atoms with E-state index in [9.17, 15) is 13.6 Å². The highest BCUT2D eigenvalue weighted by Crippen LogP contribution is 2.30. The molecule has 2 unspecified atom stereocenters. The second-order valence-electron chi connectivity index (χ2n) is 5.41. The number of hydrogen-bond acceptors (Lipinski definition) is 3. The van der Waals surface area contributed by atoms with E-state index in [1.54, 1.807) is 16.7 Å². The van der Waals surface area contributed by atoms with Crippen LogP contribution in [0, 0.1) is 11.6 Å². The Morgan fingerprint density at radius 3 is 2.59 bits per heavy atom. The van der Waals surface area contributed by atoms with Gasteiger partial charge in [-0.3, -0.25) is 4.79 Å². The highest BCUT2D eigenvalue weighted by molar-refractivity contribution is 8.00. The van der Waals surface area contributed by atoms with E-state index in [4.69, 9.17) is 5.73 Å². The van der Waals surface area contributed by atoms with E-state index in [0.717, 1.165) is 6.07 Å². The van der Waals surface area contributed by atoms with Gasteiger partial charge < -0.3 is 10.6 Å². The van der Waals surface area contributed by atoms with Crippen LogP contribution in [-0.2, 0) is 11.3 Å². The molecule has 3 nitrogen and oxygen atoms in total. The summed E-state index contributed by atoms with van der Waals surface area (Å²) in [6.45, 7) is 0.140. The van der Waals surface area contributed by atoms with E-state index in [0.29, 0.717) is 11.3 Å². The Morgan fingerprint density at radius 2 is 1.86 bits per heavy atom. The number of halogens is 2. The predicted molar refractivity (Wildman–Crippen MR) is 83.2 cm³/mol. The van der Waals surface area contributed by atoms with Crippen molar-refractivity contribution in [1.82, 2.24) is 4.90 Å². The van der Waals surface area contributed by atoms with Crippen molar-refractivity contribution in [2.24, 2.45) is 5.73 Å². The second kappa shape index (κ2) is 6.22. The molecule has 2 N–H and O–H groups in total. The maximum Gasteiger partial charge on any atom is 0.241 e. The predicted octanol–water partition coefficient (Wildman–Crippen LogP) is 2.23. The van der Waals surface area contributed by atoms with Gasteiger partial charge in [0.2, 0.25) is 5.91 Å². The molecule has 1 fully saturated rings. The van der Waals surface area contributed by atoms with Crippen molar-refractivity contribution >= 4 is 17.7 Å². The number of nitrogens with zero attached hydrogens (tertiary/aromatic N) is 1. The molecule has 0 radical (unpaired) electrons. The van der Waals surface area contributed by atoms with Crippen molar-refractivity contribution in [3.8, 4) is 0 Å². The first-order valence-electron chi connectivity index (χ1n) is 7.02. The Balaban J connectivity index is 1.91. The number of thioether (sulfide) groups is 1. The Bertz CT molecular complexity index is 627. The van der Waals surface area contributed by atoms with Gasteiger partial charge in [-0.05, 0) is 17.7 Å². The van der Waals surface area contributed by atoms with E-state index in [1.807, 2.05) is 24.3 Å². The van der Waals surface area contributed by atoms with Crippen molar-refractivity contribution in [2.75, 3.05) is 5.75 Å². The minimum atomic E-state index is -0.647. The van der Waals surface area contributed by atoms with Crippen LogP contribution in [0.4, 0.5) is 8.78 Å². The maximum atomic E-state index is 13.4. The summed E-state index contributed by atoms with van der Waals surface area (Å²) in [5.74, 6) is -0.950. The lowest BCUT2D eigenvalue weighted by atomic mass is 10.0. The summed E-state index contributed by atoms with van der Waals surface area (Å²) in [7, 11) is 0. The quantitative estimate of drug-likeness (QED) is 0.908. The molecule has 1 aliphatic carbocycles. The fourth-order valence-electron chi connectivity index (χ4n) is 2.74. The molecule has 0 aromatic heterocycles. The smallest absolute Gasteiger partial charge is 0.241 e. The maximum absolute atomic E-state index is 13.4. The third-order valence-corrected chi connectivity index (χ3v) is 5.13. The fourth-order valence-corrected chi connectivity index (χ4v) is 3.95. The van der Waals surface area contributed by atoms with E-state index in [1.165, 1.54) is 12.1 Å². The summed E-state index contributed by atoms with van der Waals surface area (Å²) in [6, 6.07) is 2.56. The normalized spacial score (nSPS) is 27.7. The number of amides is 1. The van der Waals surface area contributed by atoms with Crippen LogP contribution in [-0.4, -0.2) is 33.9 Å². The standard InChI is InChI=1S/C16H16F2N2OS/c17-11-5-10(6-12(18)7-11)8-20-14-3-1-2-4-15(14)22-9-13(19)16(20)21/h1-7,13-15H,8-9,19H2/t13-,14?,15?/m0/s1. The molecule has 1 saturated heterocycles. The van der Waals surface area contributed by atoms with Crippen molar-refractivity contribution in [3.63, 3.8) is 0 Å². The summed E-state index contributed by atoms with van der Waals surface area (Å²) in [5, 5.41) is 0.112. The SMILES string of the molecule is N[C@H]1CSC2C=CC=CC2N(Cc2cc(F)cc(F)c2)C1=O. The van der Waals surface area contributed by atoms with Crippen LogP contribution in [0.25, 0.3) is 0 Å². The van der Waals surface area contributed by atoms with Gasteiger partial charge >= 0.3 is 0 Å². The summed E-state index contributed by atoms with van der Waals surface area (Å²) < 4.78 is 26.7. The number of fused-ring (bicyclic) bond motifs is 1. The van der Waals surface area contributed by atoms with Gasteiger partial charge in [0.15, 0.2) is 0 Å². The Labute approximate surface area is 131 Å². The van der Waals surface area contributed by atoms with Gasteiger partial charge in [-0.2, -0.15) is 0 Å². The molecule has 22 heavy (non-hydrogen) atoms. The van der Waals surface area contributed by atoms with Gasteiger partial charge in [0.05, 0.1) is 12.1 Å². The number of carbonyl (C=O) groups excluding carboxylic acids is 1. The van der Waals surface area contributed by atoms with E-state index in [2.05, 4.69) is 0 Å². The van der Waals surface area contributed by atoms with Gasteiger partial charge in [0.25, 0.3) is 0 Å². The first-order chi connectivity index (χ1) is 10.5. The molecule has 0 saturated carbocycles. The van der Waals surface area contributed by atoms with Gasteiger partial charge in [0.1, 0.15) is 11.6 Å². The van der Waals surface area contributed by atoms with Crippen LogP contribution in [0.2, 0.25) is 0 Å². The molecule has 3 rings (SSSR count). The van der Waals surface area contributed by atoms with Crippen LogP contribution in [0.15, 0.2) is 42.5 Å². The number of benzene rings is 1. The molecule has 116 valence electrons. The van der Waals surface area contributed by atoms with Crippen molar-refractivity contribution in [3.05, 3.63) is 59.7 Å². The molecular formula is C16H16F2N2OS. The van der Waals surface area contributed by atoms with Crippen molar-refractivity contribution in [1.29, 1.82) is 0 Å². The van der Waals surface area contributed by atoms with Crippen LogP contribution in [0.5, 0.6) is 0 Å². The topological polar surface area (TPSA) is 46.3 Å². The Kier molecular flexibility index (Phi) is 4.31. The zero-order chi connectivity index (χ0) is 15.7. The second-order valence-corrected chi connectivity index (χ2v) is 6.62. The Morgan fingerprint density at radius 1 is 1.18 bits per heavy atom. The van der Waals surface area contributed by atoms with Crippen LogP contribution in [0.1, 0.15) is 5.56 Å². The van der Waals surface area contributed by atoms with Crippen LogP contribution < -0.4 is 5.73 Å². The van der Waals surface area contributed by atoms with Crippen LogP contribution >= 0.6 is 11.8 Å². The number of carbonyl (C=O) groups is 1. The zero-order valence-corrected chi connectivity index (χ0v) is 12.6. The average molecular weight is 322 g/mol. The zero-order valence-electron chi connectivity index (χ0n) is 11.8. The molecule has 1 aromatic carbocycles. The molecule has 2 aliphatic rings. The molecule has 1 aromatic rings. The minimum absolute atomic E-state index is 0.112. The molecule has 3 atom stereocenters. The van der Waals surface area contributed by atoms with Crippen LogP contribution in [0.3, 0.4) is 0 Å². The lowest BCUT2D eigenvalue weighted by Gasteiger charge is -2.33. The van der Waals surface area contributed by atoms with Gasteiger partial charge in [-0.25, -0.2) is 8.78 Å². The average Bonchev–Trinajstić information content (AvgIpc) is 2.59. The van der Waals surface area contributed by atoms with E-state index in [-0.39, 0.29) is 23.7 Å².